The molecule has 52 heavy (non-hydrogen) atoms. The largest absolute Gasteiger partial charge is 0.308 e. The Bertz CT molecular complexity index is 2740. The van der Waals surface area contributed by atoms with Gasteiger partial charge in [-0.05, 0) is 88.0 Å². The second-order valence-corrected chi connectivity index (χ2v) is 12.6. The summed E-state index contributed by atoms with van der Waals surface area (Å²) in [6.45, 7) is 7.77. The van der Waals surface area contributed by atoms with Crippen LogP contribution in [-0.4, -0.2) is 16.4 Å². The molecule has 1 aromatic heterocycles. The third-order valence-electron chi connectivity index (χ3n) is 9.83. The van der Waals surface area contributed by atoms with E-state index in [0.717, 1.165) is 55.2 Å². The normalized spacial score (nSPS) is 12.2. The van der Waals surface area contributed by atoms with Gasteiger partial charge in [0.1, 0.15) is 0 Å². The van der Waals surface area contributed by atoms with E-state index < -0.39 is 0 Å². The van der Waals surface area contributed by atoms with Gasteiger partial charge in [-0.2, -0.15) is 5.26 Å². The van der Waals surface area contributed by atoms with E-state index in [4.69, 9.17) is 6.57 Å². The molecule has 242 valence electrons. The fraction of sp³-hybridized carbons (Fsp3) is 0. The number of benzene rings is 7. The van der Waals surface area contributed by atoms with Gasteiger partial charge in [-0.3, -0.25) is 9.59 Å². The number of carbonyl (C=O) groups excluding carboxylic acids is 2. The topological polar surface area (TPSA) is 70.5 Å². The number of carbonyl (C=O) groups is 2. The van der Waals surface area contributed by atoms with Gasteiger partial charge < -0.3 is 4.57 Å². The number of imide groups is 1. The number of nitriles is 1. The van der Waals surface area contributed by atoms with Gasteiger partial charge in [0.15, 0.2) is 5.69 Å². The molecule has 0 aliphatic carbocycles. The molecule has 2 amide bonds. The average molecular weight is 667 g/mol. The highest BCUT2D eigenvalue weighted by Gasteiger charge is 2.39. The van der Waals surface area contributed by atoms with Crippen LogP contribution in [0.5, 0.6) is 0 Å². The number of aromatic nitrogens is 1. The van der Waals surface area contributed by atoms with Crippen LogP contribution >= 0.6 is 0 Å². The Morgan fingerprint density at radius 3 is 1.81 bits per heavy atom. The van der Waals surface area contributed by atoms with Crippen LogP contribution in [0.1, 0.15) is 26.3 Å². The first-order chi connectivity index (χ1) is 25.6. The van der Waals surface area contributed by atoms with Crippen LogP contribution in [0.25, 0.3) is 65.7 Å². The molecule has 0 saturated carbocycles. The van der Waals surface area contributed by atoms with Crippen LogP contribution in [0.15, 0.2) is 158 Å². The maximum Gasteiger partial charge on any atom is 0.268 e. The van der Waals surface area contributed by atoms with E-state index in [1.54, 1.807) is 12.1 Å². The summed E-state index contributed by atoms with van der Waals surface area (Å²) in [6.07, 6.45) is 0. The Kier molecular flexibility index (Phi) is 7.10. The van der Waals surface area contributed by atoms with Crippen molar-refractivity contribution in [1.82, 2.24) is 4.57 Å². The van der Waals surface area contributed by atoms with Gasteiger partial charge >= 0.3 is 0 Å². The summed E-state index contributed by atoms with van der Waals surface area (Å²) in [7, 11) is 0. The zero-order valence-corrected chi connectivity index (χ0v) is 27.6. The predicted molar refractivity (Wildman–Crippen MR) is 206 cm³/mol. The van der Waals surface area contributed by atoms with E-state index in [9.17, 15) is 14.9 Å². The molecule has 7 aromatic carbocycles. The summed E-state index contributed by atoms with van der Waals surface area (Å²) < 4.78 is 2.04. The lowest BCUT2D eigenvalue weighted by molar-refractivity contribution is 0.0926. The van der Waals surface area contributed by atoms with Crippen LogP contribution in [0.3, 0.4) is 0 Å². The molecule has 6 heteroatoms. The van der Waals surface area contributed by atoms with Gasteiger partial charge in [0.05, 0.1) is 51.7 Å². The van der Waals surface area contributed by atoms with Crippen molar-refractivity contribution < 1.29 is 9.59 Å². The molecule has 0 N–H and O–H groups in total. The third-order valence-corrected chi connectivity index (χ3v) is 9.83. The van der Waals surface area contributed by atoms with E-state index in [2.05, 4.69) is 23.0 Å². The molecule has 0 unspecified atom stereocenters. The number of anilines is 1. The van der Waals surface area contributed by atoms with Crippen molar-refractivity contribution in [3.05, 3.63) is 186 Å². The molecule has 9 rings (SSSR count). The van der Waals surface area contributed by atoms with Crippen LogP contribution in [-0.2, 0) is 0 Å². The fourth-order valence-corrected chi connectivity index (χ4v) is 7.39. The second kappa shape index (κ2) is 12.1. The predicted octanol–water partition coefficient (Wildman–Crippen LogP) is 11.0. The number of nitrogens with zero attached hydrogens (tertiary/aromatic N) is 4. The number of hydrogen-bond acceptors (Lipinski definition) is 3. The van der Waals surface area contributed by atoms with Crippen LogP contribution < -0.4 is 4.90 Å². The highest BCUT2D eigenvalue weighted by atomic mass is 16.2. The van der Waals surface area contributed by atoms with Gasteiger partial charge in [-0.15, -0.1) is 0 Å². The van der Waals surface area contributed by atoms with Gasteiger partial charge in [-0.25, -0.2) is 9.74 Å². The quantitative estimate of drug-likeness (QED) is 0.136. The first-order valence-corrected chi connectivity index (χ1v) is 16.8. The standard InChI is InChI=1S/C46H26N4O2/c1-48-40-16-8-7-14-36(40)32-21-25-42-39(27-32)38-26-31(35-13-6-5-12-33(35)28-47)20-24-41(38)50(42)43-17-9-15-37-44(43)46(52)49(45(37)51)34-22-18-30(19-23-34)29-10-3-2-4-11-29/h2-27H. The van der Waals surface area contributed by atoms with Crippen LogP contribution in [0.4, 0.5) is 11.4 Å². The first-order valence-electron chi connectivity index (χ1n) is 16.8. The summed E-state index contributed by atoms with van der Waals surface area (Å²) in [4.78, 5) is 33.4. The van der Waals surface area contributed by atoms with E-state index in [1.165, 1.54) is 4.90 Å². The highest BCUT2D eigenvalue weighted by molar-refractivity contribution is 6.35. The Morgan fingerprint density at radius 2 is 1.12 bits per heavy atom. The first kappa shape index (κ1) is 30.5. The molecule has 8 aromatic rings. The molecular weight excluding hydrogens is 641 g/mol. The molecule has 0 bridgehead atoms. The SMILES string of the molecule is [C-]#[N+]c1ccccc1-c1ccc2c(c1)c1cc(-c3ccccc3C#N)ccc1n2-c1cccc2c1C(=O)N(c1ccc(-c3ccccc3)cc1)C2=O. The fourth-order valence-electron chi connectivity index (χ4n) is 7.39. The monoisotopic (exact) mass is 666 g/mol. The molecular formula is C46H26N4O2. The van der Waals surface area contributed by atoms with Crippen molar-refractivity contribution in [3.63, 3.8) is 0 Å². The Labute approximate surface area is 299 Å². The molecule has 0 spiro atoms. The molecule has 1 aliphatic heterocycles. The second-order valence-electron chi connectivity index (χ2n) is 12.6. The van der Waals surface area contributed by atoms with E-state index >= 15 is 0 Å². The number of fused-ring (bicyclic) bond motifs is 4. The molecule has 0 atom stereocenters. The Morgan fingerprint density at radius 1 is 0.538 bits per heavy atom. The average Bonchev–Trinajstić information content (AvgIpc) is 3.67. The minimum atomic E-state index is -0.389. The van der Waals surface area contributed by atoms with E-state index in [1.807, 2.05) is 138 Å². The summed E-state index contributed by atoms with van der Waals surface area (Å²) >= 11 is 0. The van der Waals surface area contributed by atoms with Gasteiger partial charge in [0, 0.05) is 10.8 Å². The Hall–Kier alpha value is -7.54. The summed E-state index contributed by atoms with van der Waals surface area (Å²) in [6, 6.07) is 52.3. The summed E-state index contributed by atoms with van der Waals surface area (Å²) in [5.41, 5.74) is 10.0. The number of para-hydroxylation sites is 1. The van der Waals surface area contributed by atoms with Crippen LogP contribution in [0, 0.1) is 17.9 Å². The van der Waals surface area contributed by atoms with Crippen molar-refractivity contribution >= 4 is 45.0 Å². The Balaban J connectivity index is 1.24. The van der Waals surface area contributed by atoms with Crippen molar-refractivity contribution in [1.29, 1.82) is 5.26 Å². The van der Waals surface area contributed by atoms with E-state index in [-0.39, 0.29) is 11.8 Å². The lowest BCUT2D eigenvalue weighted by Gasteiger charge is -2.15. The molecule has 2 heterocycles. The van der Waals surface area contributed by atoms with Crippen molar-refractivity contribution in [2.45, 2.75) is 0 Å². The summed E-state index contributed by atoms with van der Waals surface area (Å²) in [5.74, 6) is -0.760. The van der Waals surface area contributed by atoms with Gasteiger partial charge in [0.25, 0.3) is 11.8 Å². The van der Waals surface area contributed by atoms with E-state index in [0.29, 0.717) is 33.8 Å². The molecule has 1 aliphatic rings. The number of hydrogen-bond donors (Lipinski definition) is 0. The minimum absolute atomic E-state index is 0.333. The van der Waals surface area contributed by atoms with Crippen molar-refractivity contribution in [2.75, 3.05) is 4.90 Å². The highest BCUT2D eigenvalue weighted by Crippen LogP contribution is 2.41. The molecule has 0 radical (unpaired) electrons. The maximum atomic E-state index is 14.4. The lowest BCUT2D eigenvalue weighted by atomic mass is 9.97. The molecule has 0 saturated heterocycles. The summed E-state index contributed by atoms with van der Waals surface area (Å²) in [5, 5.41) is 11.7. The number of amides is 2. The van der Waals surface area contributed by atoms with Crippen molar-refractivity contribution in [2.24, 2.45) is 0 Å². The maximum absolute atomic E-state index is 14.4. The van der Waals surface area contributed by atoms with Crippen LogP contribution in [0.2, 0.25) is 0 Å². The van der Waals surface area contributed by atoms with Gasteiger partial charge in [0.2, 0.25) is 0 Å². The lowest BCUT2D eigenvalue weighted by Crippen LogP contribution is -2.29. The van der Waals surface area contributed by atoms with Crippen molar-refractivity contribution in [3.8, 4) is 45.1 Å². The smallest absolute Gasteiger partial charge is 0.268 e. The third kappa shape index (κ3) is 4.71. The minimum Gasteiger partial charge on any atom is -0.308 e. The number of rotatable bonds is 5. The molecule has 6 nitrogen and oxygen atoms in total. The van der Waals surface area contributed by atoms with Gasteiger partial charge in [-0.1, -0.05) is 103 Å². The zero-order valence-electron chi connectivity index (χ0n) is 27.6. The zero-order chi connectivity index (χ0) is 35.3. The molecule has 0 fully saturated rings.